The lowest BCUT2D eigenvalue weighted by Gasteiger charge is -2.13. The Kier molecular flexibility index (Phi) is 5.81. The van der Waals surface area contributed by atoms with Crippen molar-refractivity contribution in [3.63, 3.8) is 0 Å². The number of aromatic nitrogens is 4. The lowest BCUT2D eigenvalue weighted by atomic mass is 10.3. The van der Waals surface area contributed by atoms with Gasteiger partial charge < -0.3 is 19.2 Å². The smallest absolute Gasteiger partial charge is 0.268 e. The van der Waals surface area contributed by atoms with Crippen LogP contribution < -0.4 is 21.2 Å². The second-order valence-electron chi connectivity index (χ2n) is 7.55. The highest BCUT2D eigenvalue weighted by Crippen LogP contribution is 2.17. The van der Waals surface area contributed by atoms with Crippen LogP contribution in [0.2, 0.25) is 0 Å². The Bertz CT molecular complexity index is 1430. The number of rotatable bonds is 7. The van der Waals surface area contributed by atoms with E-state index in [1.165, 1.54) is 17.6 Å². The molecule has 0 aromatic carbocycles. The molecule has 4 aromatic heterocycles. The van der Waals surface area contributed by atoms with Gasteiger partial charge in [0, 0.05) is 37.6 Å². The van der Waals surface area contributed by atoms with Gasteiger partial charge in [-0.25, -0.2) is 4.98 Å². The third-order valence-corrected chi connectivity index (χ3v) is 5.42. The number of pyridine rings is 2. The number of fused-ring (bicyclic) bond motifs is 2. The van der Waals surface area contributed by atoms with Crippen molar-refractivity contribution in [1.29, 1.82) is 0 Å². The second-order valence-corrected chi connectivity index (χ2v) is 7.55. The Balaban J connectivity index is 1.63. The Morgan fingerprint density at radius 2 is 1.94 bits per heavy atom. The molecule has 0 aliphatic heterocycles. The zero-order valence-corrected chi connectivity index (χ0v) is 18.3. The van der Waals surface area contributed by atoms with Crippen LogP contribution in [-0.4, -0.2) is 38.1 Å². The van der Waals surface area contributed by atoms with Gasteiger partial charge in [0.25, 0.3) is 17.0 Å². The van der Waals surface area contributed by atoms with Crippen LogP contribution in [0.25, 0.3) is 16.7 Å². The highest BCUT2D eigenvalue weighted by molar-refractivity contribution is 5.98. The summed E-state index contributed by atoms with van der Waals surface area (Å²) in [4.78, 5) is 42.8. The van der Waals surface area contributed by atoms with Crippen molar-refractivity contribution in [3.05, 3.63) is 74.7 Å². The second kappa shape index (κ2) is 8.70. The number of nitrogens with zero attached hydrogens (tertiary/aromatic N) is 4. The van der Waals surface area contributed by atoms with Crippen LogP contribution in [0.1, 0.15) is 29.5 Å². The summed E-state index contributed by atoms with van der Waals surface area (Å²) in [7, 11) is 1.51. The predicted molar refractivity (Wildman–Crippen MR) is 122 cm³/mol. The molecule has 0 aliphatic carbocycles. The molecule has 1 amide bonds. The van der Waals surface area contributed by atoms with Gasteiger partial charge in [-0.2, -0.15) is 0 Å². The standard InChI is InChI=1S/C23H25N5O4/c1-4-9-27-18(14-17-21(27)25-19-7-5-6-10-28(19)23(17)31)22(30)24-8-11-26-15(2)12-16(32-3)13-20(26)29/h5-7,10,12-14H,4,8-9,11H2,1-3H3,(H,24,30). The molecule has 0 fully saturated rings. The highest BCUT2D eigenvalue weighted by Gasteiger charge is 2.19. The molecule has 9 nitrogen and oxygen atoms in total. The third kappa shape index (κ3) is 3.77. The third-order valence-electron chi connectivity index (χ3n) is 5.42. The van der Waals surface area contributed by atoms with Crippen LogP contribution in [0.5, 0.6) is 5.75 Å². The van der Waals surface area contributed by atoms with Crippen LogP contribution in [-0.2, 0) is 13.1 Å². The van der Waals surface area contributed by atoms with E-state index < -0.39 is 0 Å². The first kappa shape index (κ1) is 21.4. The van der Waals surface area contributed by atoms with Gasteiger partial charge in [-0.05, 0) is 37.6 Å². The minimum atomic E-state index is -0.316. The maximum absolute atomic E-state index is 13.0. The zero-order chi connectivity index (χ0) is 22.8. The summed E-state index contributed by atoms with van der Waals surface area (Å²) >= 11 is 0. The van der Waals surface area contributed by atoms with Gasteiger partial charge >= 0.3 is 0 Å². The molecular formula is C23H25N5O4. The SMILES string of the molecule is CCCn1c(C(=O)NCCn2c(C)cc(OC)cc2=O)cc2c(=O)n3ccccc3nc21. The number of carbonyl (C=O) groups excluding carboxylic acids is 1. The molecule has 4 heterocycles. The van der Waals surface area contributed by atoms with Gasteiger partial charge in [0.15, 0.2) is 0 Å². The number of hydrogen-bond acceptors (Lipinski definition) is 5. The molecule has 32 heavy (non-hydrogen) atoms. The Morgan fingerprint density at radius 1 is 1.12 bits per heavy atom. The highest BCUT2D eigenvalue weighted by atomic mass is 16.5. The van der Waals surface area contributed by atoms with Crippen molar-refractivity contribution in [2.24, 2.45) is 0 Å². The van der Waals surface area contributed by atoms with Crippen LogP contribution in [0.15, 0.2) is 52.2 Å². The minimum Gasteiger partial charge on any atom is -0.496 e. The van der Waals surface area contributed by atoms with Crippen LogP contribution >= 0.6 is 0 Å². The quantitative estimate of drug-likeness (QED) is 0.478. The summed E-state index contributed by atoms with van der Waals surface area (Å²) in [6, 6.07) is 10.1. The molecule has 1 N–H and O–H groups in total. The molecule has 0 unspecified atom stereocenters. The Morgan fingerprint density at radius 3 is 2.66 bits per heavy atom. The average molecular weight is 435 g/mol. The van der Waals surface area contributed by atoms with Crippen LogP contribution in [0.3, 0.4) is 0 Å². The predicted octanol–water partition coefficient (Wildman–Crippen LogP) is 1.97. The van der Waals surface area contributed by atoms with E-state index in [2.05, 4.69) is 10.3 Å². The topological polar surface area (TPSA) is 99.6 Å². The van der Waals surface area contributed by atoms with Crippen molar-refractivity contribution in [2.75, 3.05) is 13.7 Å². The van der Waals surface area contributed by atoms with Crippen LogP contribution in [0.4, 0.5) is 0 Å². The molecule has 0 aliphatic rings. The van der Waals surface area contributed by atoms with E-state index in [1.807, 2.05) is 19.9 Å². The minimum absolute atomic E-state index is 0.194. The van der Waals surface area contributed by atoms with Crippen molar-refractivity contribution in [3.8, 4) is 5.75 Å². The molecule has 166 valence electrons. The molecule has 0 saturated heterocycles. The summed E-state index contributed by atoms with van der Waals surface area (Å²) in [6.07, 6.45) is 2.44. The molecule has 9 heteroatoms. The van der Waals surface area contributed by atoms with E-state index in [4.69, 9.17) is 4.74 Å². The number of ether oxygens (including phenoxy) is 1. The first-order chi connectivity index (χ1) is 15.4. The molecule has 4 rings (SSSR count). The number of hydrogen-bond donors (Lipinski definition) is 1. The van der Waals surface area contributed by atoms with Gasteiger partial charge in [0.05, 0.1) is 12.5 Å². The molecule has 0 spiro atoms. The Hall–Kier alpha value is -3.88. The van der Waals surface area contributed by atoms with E-state index in [1.54, 1.807) is 39.6 Å². The Labute approximate surface area is 183 Å². The van der Waals surface area contributed by atoms with E-state index in [9.17, 15) is 14.4 Å². The van der Waals surface area contributed by atoms with Gasteiger partial charge in [-0.15, -0.1) is 0 Å². The summed E-state index contributed by atoms with van der Waals surface area (Å²) < 4.78 is 9.94. The van der Waals surface area contributed by atoms with Crippen molar-refractivity contribution >= 4 is 22.6 Å². The van der Waals surface area contributed by atoms with Gasteiger partial charge in [-0.3, -0.25) is 18.8 Å². The fourth-order valence-corrected chi connectivity index (χ4v) is 3.86. The maximum Gasteiger partial charge on any atom is 0.268 e. The van der Waals surface area contributed by atoms with Crippen LogP contribution in [0, 0.1) is 6.92 Å². The summed E-state index contributed by atoms with van der Waals surface area (Å²) in [5.41, 5.74) is 1.74. The molecule has 0 atom stereocenters. The first-order valence-electron chi connectivity index (χ1n) is 10.5. The molecule has 0 bridgehead atoms. The lowest BCUT2D eigenvalue weighted by Crippen LogP contribution is -2.32. The van der Waals surface area contributed by atoms with Gasteiger partial charge in [0.2, 0.25) is 0 Å². The zero-order valence-electron chi connectivity index (χ0n) is 18.3. The van der Waals surface area contributed by atoms with Crippen molar-refractivity contribution < 1.29 is 9.53 Å². The number of carbonyl (C=O) groups is 1. The number of methoxy groups -OCH3 is 1. The van der Waals surface area contributed by atoms with Crippen molar-refractivity contribution in [1.82, 2.24) is 23.8 Å². The number of nitrogens with one attached hydrogen (secondary N) is 1. The van der Waals surface area contributed by atoms with E-state index >= 15 is 0 Å². The van der Waals surface area contributed by atoms with E-state index in [0.717, 1.165) is 12.1 Å². The summed E-state index contributed by atoms with van der Waals surface area (Å²) in [5, 5.41) is 3.26. The largest absolute Gasteiger partial charge is 0.496 e. The van der Waals surface area contributed by atoms with Gasteiger partial charge in [-0.1, -0.05) is 13.0 Å². The fourth-order valence-electron chi connectivity index (χ4n) is 3.86. The normalized spacial score (nSPS) is 11.2. The number of aryl methyl sites for hydroxylation is 2. The van der Waals surface area contributed by atoms with E-state index in [-0.39, 0.29) is 23.6 Å². The molecule has 4 aromatic rings. The van der Waals surface area contributed by atoms with Gasteiger partial charge in [0.1, 0.15) is 22.7 Å². The molecule has 0 radical (unpaired) electrons. The summed E-state index contributed by atoms with van der Waals surface area (Å²) in [6.45, 7) is 4.95. The molecule has 0 saturated carbocycles. The molecular weight excluding hydrogens is 410 g/mol. The monoisotopic (exact) mass is 435 g/mol. The summed E-state index contributed by atoms with van der Waals surface area (Å²) in [5.74, 6) is 0.187. The first-order valence-corrected chi connectivity index (χ1v) is 10.5. The average Bonchev–Trinajstić information content (AvgIpc) is 3.14. The lowest BCUT2D eigenvalue weighted by molar-refractivity contribution is 0.0943. The number of amides is 1. The van der Waals surface area contributed by atoms with Crippen molar-refractivity contribution in [2.45, 2.75) is 33.4 Å². The maximum atomic E-state index is 13.0. The van der Waals surface area contributed by atoms with E-state index in [0.29, 0.717) is 41.2 Å². The fraction of sp³-hybridized carbons (Fsp3) is 0.304.